The van der Waals surface area contributed by atoms with E-state index in [9.17, 15) is 8.42 Å². The summed E-state index contributed by atoms with van der Waals surface area (Å²) < 4.78 is 25.0. The maximum Gasteiger partial charge on any atom is 0.229 e. The molecule has 0 saturated heterocycles. The van der Waals surface area contributed by atoms with Crippen LogP contribution in [0.15, 0.2) is 36.7 Å². The molecule has 1 atom stereocenters. The van der Waals surface area contributed by atoms with Gasteiger partial charge in [0, 0.05) is 18.1 Å². The molecule has 2 aromatic rings. The topological polar surface area (TPSA) is 84.0 Å². The highest BCUT2D eigenvalue weighted by molar-refractivity contribution is 7.92. The molecule has 112 valence electrons. The molecule has 1 unspecified atom stereocenters. The van der Waals surface area contributed by atoms with Crippen LogP contribution < -0.4 is 10.0 Å². The monoisotopic (exact) mass is 306 g/mol. The summed E-state index contributed by atoms with van der Waals surface area (Å²) in [6.07, 6.45) is 4.43. The van der Waals surface area contributed by atoms with E-state index in [2.05, 4.69) is 20.0 Å². The van der Waals surface area contributed by atoms with Crippen LogP contribution in [0.4, 0.5) is 11.4 Å². The predicted molar refractivity (Wildman–Crippen MR) is 83.7 cm³/mol. The number of aryl methyl sites for hydroxylation is 1. The maximum absolute atomic E-state index is 11.3. The molecule has 0 bridgehead atoms. The zero-order valence-electron chi connectivity index (χ0n) is 12.2. The van der Waals surface area contributed by atoms with E-state index >= 15 is 0 Å². The van der Waals surface area contributed by atoms with Gasteiger partial charge in [-0.05, 0) is 32.0 Å². The van der Waals surface area contributed by atoms with Crippen LogP contribution in [0.5, 0.6) is 0 Å². The first-order valence-electron chi connectivity index (χ1n) is 6.47. The lowest BCUT2D eigenvalue weighted by molar-refractivity contribution is 0.607. The van der Waals surface area contributed by atoms with Crippen LogP contribution in [0.1, 0.15) is 24.4 Å². The van der Waals surface area contributed by atoms with Crippen molar-refractivity contribution in [1.82, 2.24) is 9.97 Å². The molecule has 2 rings (SSSR count). The van der Waals surface area contributed by atoms with Gasteiger partial charge in [-0.1, -0.05) is 6.07 Å². The summed E-state index contributed by atoms with van der Waals surface area (Å²) in [5, 5.41) is 3.29. The van der Waals surface area contributed by atoms with Gasteiger partial charge in [0.15, 0.2) is 0 Å². The fraction of sp³-hybridized carbons (Fsp3) is 0.286. The van der Waals surface area contributed by atoms with Crippen molar-refractivity contribution >= 4 is 21.4 Å². The van der Waals surface area contributed by atoms with Gasteiger partial charge in [0.05, 0.1) is 29.4 Å². The minimum Gasteiger partial charge on any atom is -0.377 e. The first-order valence-corrected chi connectivity index (χ1v) is 8.36. The van der Waals surface area contributed by atoms with E-state index in [1.807, 2.05) is 19.9 Å². The molecule has 1 aromatic heterocycles. The Morgan fingerprint density at radius 2 is 1.81 bits per heavy atom. The summed E-state index contributed by atoms with van der Waals surface area (Å²) in [6.45, 7) is 3.88. The van der Waals surface area contributed by atoms with Gasteiger partial charge in [-0.3, -0.25) is 14.7 Å². The SMILES string of the molecule is Cc1nccnc1C(C)Nc1cccc(NS(C)(=O)=O)c1. The van der Waals surface area contributed by atoms with Gasteiger partial charge in [-0.15, -0.1) is 0 Å². The lowest BCUT2D eigenvalue weighted by Gasteiger charge is -2.16. The molecule has 0 fully saturated rings. The first-order chi connectivity index (χ1) is 9.85. The maximum atomic E-state index is 11.3. The summed E-state index contributed by atoms with van der Waals surface area (Å²) in [4.78, 5) is 8.53. The third kappa shape index (κ3) is 4.42. The number of nitrogens with one attached hydrogen (secondary N) is 2. The van der Waals surface area contributed by atoms with Crippen molar-refractivity contribution in [3.05, 3.63) is 48.0 Å². The molecule has 0 aliphatic heterocycles. The molecule has 7 heteroatoms. The van der Waals surface area contributed by atoms with Crippen LogP contribution in [0.25, 0.3) is 0 Å². The zero-order chi connectivity index (χ0) is 15.5. The predicted octanol–water partition coefficient (Wildman–Crippen LogP) is 2.33. The van der Waals surface area contributed by atoms with Crippen LogP contribution in [-0.4, -0.2) is 24.6 Å². The Morgan fingerprint density at radius 1 is 1.14 bits per heavy atom. The number of anilines is 2. The van der Waals surface area contributed by atoms with Crippen LogP contribution in [0.3, 0.4) is 0 Å². The van der Waals surface area contributed by atoms with Crippen molar-refractivity contribution in [1.29, 1.82) is 0 Å². The molecule has 0 amide bonds. The quantitative estimate of drug-likeness (QED) is 0.885. The van der Waals surface area contributed by atoms with Gasteiger partial charge in [-0.25, -0.2) is 8.42 Å². The minimum absolute atomic E-state index is 0.0350. The molecule has 0 aliphatic rings. The van der Waals surface area contributed by atoms with Gasteiger partial charge in [0.2, 0.25) is 10.0 Å². The Hall–Kier alpha value is -2.15. The summed E-state index contributed by atoms with van der Waals surface area (Å²) >= 11 is 0. The number of sulfonamides is 1. The van der Waals surface area contributed by atoms with E-state index in [1.165, 1.54) is 0 Å². The number of benzene rings is 1. The molecular weight excluding hydrogens is 288 g/mol. The number of rotatable bonds is 5. The zero-order valence-corrected chi connectivity index (χ0v) is 13.0. The molecule has 0 spiro atoms. The second-order valence-corrected chi connectivity index (χ2v) is 6.60. The van der Waals surface area contributed by atoms with Crippen LogP contribution in [-0.2, 0) is 10.0 Å². The molecule has 1 heterocycles. The highest BCUT2D eigenvalue weighted by atomic mass is 32.2. The average Bonchev–Trinajstić information content (AvgIpc) is 2.37. The molecule has 0 saturated carbocycles. The van der Waals surface area contributed by atoms with Crippen molar-refractivity contribution in [3.63, 3.8) is 0 Å². The van der Waals surface area contributed by atoms with E-state index in [0.29, 0.717) is 5.69 Å². The normalized spacial score (nSPS) is 12.7. The van der Waals surface area contributed by atoms with Crippen molar-refractivity contribution in [2.24, 2.45) is 0 Å². The standard InChI is InChI=1S/C14H18N4O2S/c1-10-14(16-8-7-15-10)11(2)17-12-5-4-6-13(9-12)18-21(3,19)20/h4-9,11,17-18H,1-3H3. The number of hydrogen-bond donors (Lipinski definition) is 2. The average molecular weight is 306 g/mol. The molecule has 1 aromatic carbocycles. The van der Waals surface area contributed by atoms with Gasteiger partial charge in [-0.2, -0.15) is 0 Å². The smallest absolute Gasteiger partial charge is 0.229 e. The Morgan fingerprint density at radius 3 is 2.48 bits per heavy atom. The fourth-order valence-corrected chi connectivity index (χ4v) is 2.60. The van der Waals surface area contributed by atoms with E-state index in [1.54, 1.807) is 30.6 Å². The summed E-state index contributed by atoms with van der Waals surface area (Å²) in [5.41, 5.74) is 3.05. The second kappa shape index (κ2) is 6.09. The van der Waals surface area contributed by atoms with E-state index < -0.39 is 10.0 Å². The lowest BCUT2D eigenvalue weighted by Crippen LogP contribution is -2.12. The van der Waals surface area contributed by atoms with Gasteiger partial charge in [0.25, 0.3) is 0 Å². The molecule has 2 N–H and O–H groups in total. The van der Waals surface area contributed by atoms with Crippen molar-refractivity contribution in [2.75, 3.05) is 16.3 Å². The van der Waals surface area contributed by atoms with E-state index in [0.717, 1.165) is 23.3 Å². The number of hydrogen-bond acceptors (Lipinski definition) is 5. The Labute approximate surface area is 124 Å². The molecule has 6 nitrogen and oxygen atoms in total. The van der Waals surface area contributed by atoms with Gasteiger partial charge >= 0.3 is 0 Å². The van der Waals surface area contributed by atoms with Crippen molar-refractivity contribution < 1.29 is 8.42 Å². The van der Waals surface area contributed by atoms with E-state index in [4.69, 9.17) is 0 Å². The van der Waals surface area contributed by atoms with Gasteiger partial charge in [0.1, 0.15) is 0 Å². The second-order valence-electron chi connectivity index (χ2n) is 4.85. The highest BCUT2D eigenvalue weighted by Crippen LogP contribution is 2.22. The number of nitrogens with zero attached hydrogens (tertiary/aromatic N) is 2. The Bertz CT molecular complexity index is 731. The van der Waals surface area contributed by atoms with Crippen LogP contribution in [0.2, 0.25) is 0 Å². The largest absolute Gasteiger partial charge is 0.377 e. The van der Waals surface area contributed by atoms with Crippen LogP contribution >= 0.6 is 0 Å². The summed E-state index contributed by atoms with van der Waals surface area (Å²) in [5.74, 6) is 0. The van der Waals surface area contributed by atoms with Gasteiger partial charge < -0.3 is 5.32 Å². The highest BCUT2D eigenvalue weighted by Gasteiger charge is 2.11. The summed E-state index contributed by atoms with van der Waals surface area (Å²) in [6, 6.07) is 7.06. The lowest BCUT2D eigenvalue weighted by atomic mass is 10.1. The Kier molecular flexibility index (Phi) is 4.42. The van der Waals surface area contributed by atoms with Crippen molar-refractivity contribution in [3.8, 4) is 0 Å². The first kappa shape index (κ1) is 15.2. The van der Waals surface area contributed by atoms with E-state index in [-0.39, 0.29) is 6.04 Å². The van der Waals surface area contributed by atoms with Crippen molar-refractivity contribution in [2.45, 2.75) is 19.9 Å². The number of aromatic nitrogens is 2. The summed E-state index contributed by atoms with van der Waals surface area (Å²) in [7, 11) is -3.28. The molecule has 0 radical (unpaired) electrons. The fourth-order valence-electron chi connectivity index (χ4n) is 2.05. The van der Waals surface area contributed by atoms with Crippen LogP contribution in [0, 0.1) is 6.92 Å². The molecular formula is C14H18N4O2S. The minimum atomic E-state index is -3.28. The Balaban J connectivity index is 2.16. The third-order valence-electron chi connectivity index (χ3n) is 2.88. The third-order valence-corrected chi connectivity index (χ3v) is 3.48. The molecule has 0 aliphatic carbocycles. The molecule has 21 heavy (non-hydrogen) atoms.